The molecule has 0 spiro atoms. The van der Waals surface area contributed by atoms with Crippen molar-refractivity contribution in [2.75, 3.05) is 49.1 Å². The summed E-state index contributed by atoms with van der Waals surface area (Å²) in [5.74, 6) is -1.15. The molecule has 3 saturated heterocycles. The van der Waals surface area contributed by atoms with Crippen molar-refractivity contribution in [1.82, 2.24) is 10.2 Å². The Balaban J connectivity index is 1.21. The predicted molar refractivity (Wildman–Crippen MR) is 124 cm³/mol. The van der Waals surface area contributed by atoms with E-state index in [9.17, 15) is 18.8 Å². The van der Waals surface area contributed by atoms with E-state index in [1.54, 1.807) is 29.2 Å². The smallest absolute Gasteiger partial charge is 0.414 e. The lowest BCUT2D eigenvalue weighted by Gasteiger charge is -2.24. The molecule has 5 rings (SSSR count). The Labute approximate surface area is 201 Å². The molecule has 3 heterocycles. The van der Waals surface area contributed by atoms with Gasteiger partial charge in [-0.05, 0) is 30.3 Å². The molecule has 2 aromatic rings. The highest BCUT2D eigenvalue weighted by atomic mass is 19.1. The van der Waals surface area contributed by atoms with Gasteiger partial charge in [-0.1, -0.05) is 12.1 Å². The van der Waals surface area contributed by atoms with E-state index in [1.165, 1.54) is 30.0 Å². The highest BCUT2D eigenvalue weighted by Gasteiger charge is 2.43. The average molecular weight is 485 g/mol. The first-order valence-corrected chi connectivity index (χ1v) is 11.6. The Morgan fingerprint density at radius 3 is 2.37 bits per heavy atom. The maximum atomic E-state index is 15.1. The summed E-state index contributed by atoms with van der Waals surface area (Å²) in [6, 6.07) is 10.6. The van der Waals surface area contributed by atoms with Gasteiger partial charge in [0.2, 0.25) is 5.91 Å². The van der Waals surface area contributed by atoms with Crippen molar-refractivity contribution in [2.45, 2.75) is 13.0 Å². The number of rotatable bonds is 5. The zero-order valence-corrected chi connectivity index (χ0v) is 19.2. The van der Waals surface area contributed by atoms with Gasteiger partial charge in [0.05, 0.1) is 30.0 Å². The summed E-state index contributed by atoms with van der Waals surface area (Å²) in [7, 11) is 0. The number of fused-ring (bicyclic) bond motifs is 1. The summed E-state index contributed by atoms with van der Waals surface area (Å²) in [4.78, 5) is 41.0. The summed E-state index contributed by atoms with van der Waals surface area (Å²) in [5.41, 5.74) is 0.908. The number of amides is 3. The second-order valence-electron chi connectivity index (χ2n) is 9.30. The van der Waals surface area contributed by atoms with Crippen molar-refractivity contribution in [3.63, 3.8) is 0 Å². The number of carbonyl (C=O) groups excluding carboxylic acids is 3. The van der Waals surface area contributed by atoms with Crippen LogP contribution in [0.15, 0.2) is 42.5 Å². The minimum atomic E-state index is -0.581. The SMILES string of the molecule is CC(=O)NC[C@H]1CN(c2ccc(N3C[C@H]4CN(C(=O)c5ccccc5F)C[C@H]4C3)c(F)c2)C(=O)O1. The number of hydrogen-bond acceptors (Lipinski definition) is 5. The molecule has 0 unspecified atom stereocenters. The van der Waals surface area contributed by atoms with Crippen LogP contribution in [0.1, 0.15) is 17.3 Å². The van der Waals surface area contributed by atoms with Crippen LogP contribution in [0.2, 0.25) is 0 Å². The molecule has 10 heteroatoms. The number of hydrogen-bond donors (Lipinski definition) is 1. The number of nitrogens with zero attached hydrogens (tertiary/aromatic N) is 3. The summed E-state index contributed by atoms with van der Waals surface area (Å²) >= 11 is 0. The fourth-order valence-electron chi connectivity index (χ4n) is 5.18. The summed E-state index contributed by atoms with van der Waals surface area (Å²) in [5, 5.41) is 2.61. The van der Waals surface area contributed by atoms with E-state index in [2.05, 4.69) is 5.32 Å². The van der Waals surface area contributed by atoms with Gasteiger partial charge < -0.3 is 19.9 Å². The Morgan fingerprint density at radius 2 is 1.71 bits per heavy atom. The molecule has 0 saturated carbocycles. The summed E-state index contributed by atoms with van der Waals surface area (Å²) in [6.45, 7) is 3.99. The third-order valence-corrected chi connectivity index (χ3v) is 6.91. The predicted octanol–water partition coefficient (Wildman–Crippen LogP) is 2.63. The Hall–Kier alpha value is -3.69. The molecule has 35 heavy (non-hydrogen) atoms. The van der Waals surface area contributed by atoms with Gasteiger partial charge in [0, 0.05) is 44.9 Å². The molecule has 2 aromatic carbocycles. The van der Waals surface area contributed by atoms with Crippen LogP contribution in [0.3, 0.4) is 0 Å². The van der Waals surface area contributed by atoms with Crippen molar-refractivity contribution in [3.05, 3.63) is 59.7 Å². The fraction of sp³-hybridized carbons (Fsp3) is 0.400. The number of ether oxygens (including phenoxy) is 1. The molecular weight excluding hydrogens is 458 g/mol. The van der Waals surface area contributed by atoms with Crippen LogP contribution in [0.5, 0.6) is 0 Å². The number of likely N-dealkylation sites (tertiary alicyclic amines) is 1. The second kappa shape index (κ2) is 9.16. The largest absolute Gasteiger partial charge is 0.442 e. The molecule has 0 radical (unpaired) electrons. The summed E-state index contributed by atoms with van der Waals surface area (Å²) in [6.07, 6.45) is -1.08. The zero-order chi connectivity index (χ0) is 24.7. The van der Waals surface area contributed by atoms with E-state index in [0.29, 0.717) is 37.6 Å². The third-order valence-electron chi connectivity index (χ3n) is 6.91. The minimum Gasteiger partial charge on any atom is -0.442 e. The quantitative estimate of drug-likeness (QED) is 0.706. The third kappa shape index (κ3) is 4.52. The molecule has 3 aliphatic rings. The Kier molecular flexibility index (Phi) is 6.04. The number of nitrogens with one attached hydrogen (secondary N) is 1. The van der Waals surface area contributed by atoms with Crippen molar-refractivity contribution < 1.29 is 27.9 Å². The van der Waals surface area contributed by atoms with Gasteiger partial charge in [0.15, 0.2) is 0 Å². The molecule has 8 nitrogen and oxygen atoms in total. The lowest BCUT2D eigenvalue weighted by Crippen LogP contribution is -2.34. The highest BCUT2D eigenvalue weighted by Crippen LogP contribution is 2.37. The monoisotopic (exact) mass is 484 g/mol. The molecule has 1 N–H and O–H groups in total. The molecule has 3 amide bonds. The highest BCUT2D eigenvalue weighted by molar-refractivity contribution is 5.94. The maximum Gasteiger partial charge on any atom is 0.414 e. The minimum absolute atomic E-state index is 0.0747. The molecule has 3 atom stereocenters. The summed E-state index contributed by atoms with van der Waals surface area (Å²) < 4.78 is 34.4. The maximum absolute atomic E-state index is 15.1. The van der Waals surface area contributed by atoms with Crippen LogP contribution in [0, 0.1) is 23.5 Å². The van der Waals surface area contributed by atoms with Crippen LogP contribution < -0.4 is 15.1 Å². The van der Waals surface area contributed by atoms with Gasteiger partial charge in [-0.2, -0.15) is 0 Å². The van der Waals surface area contributed by atoms with Gasteiger partial charge in [0.1, 0.15) is 17.7 Å². The normalized spacial score (nSPS) is 23.5. The molecule has 3 aliphatic heterocycles. The van der Waals surface area contributed by atoms with Crippen molar-refractivity contribution in [2.24, 2.45) is 11.8 Å². The van der Waals surface area contributed by atoms with Gasteiger partial charge >= 0.3 is 6.09 Å². The van der Waals surface area contributed by atoms with Crippen LogP contribution in [0.25, 0.3) is 0 Å². The first-order valence-electron chi connectivity index (χ1n) is 11.6. The lowest BCUT2D eigenvalue weighted by atomic mass is 10.0. The second-order valence-corrected chi connectivity index (χ2v) is 9.30. The van der Waals surface area contributed by atoms with Crippen LogP contribution in [-0.4, -0.2) is 68.2 Å². The lowest BCUT2D eigenvalue weighted by molar-refractivity contribution is -0.119. The molecule has 3 fully saturated rings. The molecule has 184 valence electrons. The van der Waals surface area contributed by atoms with Crippen LogP contribution in [-0.2, 0) is 9.53 Å². The molecule has 0 aromatic heterocycles. The molecule has 0 bridgehead atoms. The van der Waals surface area contributed by atoms with E-state index in [-0.39, 0.29) is 42.3 Å². The average Bonchev–Trinajstić information content (AvgIpc) is 3.50. The van der Waals surface area contributed by atoms with Crippen LogP contribution >= 0.6 is 0 Å². The van der Waals surface area contributed by atoms with E-state index >= 15 is 4.39 Å². The Morgan fingerprint density at radius 1 is 1.00 bits per heavy atom. The van der Waals surface area contributed by atoms with Gasteiger partial charge in [-0.25, -0.2) is 13.6 Å². The van der Waals surface area contributed by atoms with E-state index in [0.717, 1.165) is 0 Å². The number of halogens is 2. The standard InChI is InChI=1S/C25H26F2N4O4/c1-15(32)28-9-19-14-31(25(34)35-19)18-6-7-23(22(27)8-18)29-10-16-12-30(13-17(16)11-29)24(33)20-4-2-3-5-21(20)26/h2-8,16-17,19H,9-14H2,1H3,(H,28,32)/t16-,17+,19-/m0/s1. The Bertz CT molecular complexity index is 1160. The van der Waals surface area contributed by atoms with Crippen molar-refractivity contribution >= 4 is 29.3 Å². The van der Waals surface area contributed by atoms with E-state index in [4.69, 9.17) is 4.74 Å². The number of anilines is 2. The fourth-order valence-corrected chi connectivity index (χ4v) is 5.18. The van der Waals surface area contributed by atoms with Crippen molar-refractivity contribution in [1.29, 1.82) is 0 Å². The zero-order valence-electron chi connectivity index (χ0n) is 19.2. The number of carbonyl (C=O) groups is 3. The van der Waals surface area contributed by atoms with Gasteiger partial charge in [-0.3, -0.25) is 14.5 Å². The molecule has 0 aliphatic carbocycles. The van der Waals surface area contributed by atoms with Crippen molar-refractivity contribution in [3.8, 4) is 0 Å². The molecular formula is C25H26F2N4O4. The first kappa shape index (κ1) is 23.1. The topological polar surface area (TPSA) is 82.2 Å². The van der Waals surface area contributed by atoms with Gasteiger partial charge in [-0.15, -0.1) is 0 Å². The van der Waals surface area contributed by atoms with Gasteiger partial charge in [0.25, 0.3) is 5.91 Å². The van der Waals surface area contributed by atoms with E-state index < -0.39 is 23.8 Å². The van der Waals surface area contributed by atoms with E-state index in [1.807, 2.05) is 4.90 Å². The first-order chi connectivity index (χ1) is 16.8. The number of cyclic esters (lactones) is 1. The van der Waals surface area contributed by atoms with Crippen LogP contribution in [0.4, 0.5) is 25.0 Å². The number of benzene rings is 2.